The van der Waals surface area contributed by atoms with Crippen LogP contribution < -0.4 is 0 Å². The fourth-order valence-corrected chi connectivity index (χ4v) is 2.95. The predicted octanol–water partition coefficient (Wildman–Crippen LogP) is 3.10. The lowest BCUT2D eigenvalue weighted by molar-refractivity contribution is 0.164. The summed E-state index contributed by atoms with van der Waals surface area (Å²) in [7, 11) is 0. The third-order valence-electron chi connectivity index (χ3n) is 4.24. The normalized spacial score (nSPS) is 17.4. The fraction of sp³-hybridized carbons (Fsp3) is 0.471. The molecule has 0 aliphatic carbocycles. The molecule has 3 heteroatoms. The van der Waals surface area contributed by atoms with E-state index in [4.69, 9.17) is 0 Å². The zero-order chi connectivity index (χ0) is 13.8. The first kappa shape index (κ1) is 13.4. The molecule has 1 aromatic carbocycles. The van der Waals surface area contributed by atoms with Crippen LogP contribution in [0, 0.1) is 12.8 Å². The molecule has 0 bridgehead atoms. The second kappa shape index (κ2) is 6.23. The van der Waals surface area contributed by atoms with E-state index < -0.39 is 0 Å². The van der Waals surface area contributed by atoms with E-state index in [0.29, 0.717) is 0 Å². The van der Waals surface area contributed by atoms with Crippen molar-refractivity contribution in [3.63, 3.8) is 0 Å². The Balaban J connectivity index is 1.47. The van der Waals surface area contributed by atoms with Gasteiger partial charge in [-0.1, -0.05) is 29.8 Å². The Morgan fingerprint density at radius 1 is 1.15 bits per heavy atom. The number of hydrogen-bond acceptors (Lipinski definition) is 2. The number of aromatic nitrogens is 2. The number of aryl methyl sites for hydroxylation is 1. The summed E-state index contributed by atoms with van der Waals surface area (Å²) < 4.78 is 2.07. The average Bonchev–Trinajstić information content (AvgIpc) is 2.96. The fourth-order valence-electron chi connectivity index (χ4n) is 2.95. The van der Waals surface area contributed by atoms with Gasteiger partial charge in [-0.05, 0) is 50.4 Å². The van der Waals surface area contributed by atoms with Crippen molar-refractivity contribution in [2.24, 2.45) is 5.92 Å². The molecule has 1 fully saturated rings. The van der Waals surface area contributed by atoms with Crippen molar-refractivity contribution in [3.8, 4) is 0 Å². The van der Waals surface area contributed by atoms with Gasteiger partial charge in [0, 0.05) is 25.5 Å². The molecular formula is C17H23N3. The number of rotatable bonds is 4. The lowest BCUT2D eigenvalue weighted by Gasteiger charge is -2.32. The molecule has 0 unspecified atom stereocenters. The van der Waals surface area contributed by atoms with Gasteiger partial charge in [-0.2, -0.15) is 5.10 Å². The quantitative estimate of drug-likeness (QED) is 0.850. The zero-order valence-electron chi connectivity index (χ0n) is 12.2. The molecule has 1 aliphatic heterocycles. The first-order valence-corrected chi connectivity index (χ1v) is 7.55. The van der Waals surface area contributed by atoms with Crippen LogP contribution in [0.3, 0.4) is 0 Å². The SMILES string of the molecule is Cc1ccc(CN2CCC(Cn3cccn3)CC2)cc1. The van der Waals surface area contributed by atoms with E-state index in [1.807, 2.05) is 12.3 Å². The van der Waals surface area contributed by atoms with E-state index in [2.05, 4.69) is 52.1 Å². The van der Waals surface area contributed by atoms with Gasteiger partial charge in [0.25, 0.3) is 0 Å². The molecule has 2 heterocycles. The van der Waals surface area contributed by atoms with Crippen molar-refractivity contribution < 1.29 is 0 Å². The van der Waals surface area contributed by atoms with Crippen LogP contribution in [0.4, 0.5) is 0 Å². The molecule has 0 atom stereocenters. The van der Waals surface area contributed by atoms with E-state index >= 15 is 0 Å². The highest BCUT2D eigenvalue weighted by molar-refractivity contribution is 5.21. The van der Waals surface area contributed by atoms with Crippen LogP contribution in [-0.4, -0.2) is 27.8 Å². The predicted molar refractivity (Wildman–Crippen MR) is 81.4 cm³/mol. The summed E-state index contributed by atoms with van der Waals surface area (Å²) in [5, 5.41) is 4.31. The molecule has 0 spiro atoms. The van der Waals surface area contributed by atoms with Gasteiger partial charge >= 0.3 is 0 Å². The Hall–Kier alpha value is -1.61. The van der Waals surface area contributed by atoms with E-state index in [1.54, 1.807) is 0 Å². The molecule has 0 N–H and O–H groups in total. The third kappa shape index (κ3) is 3.48. The van der Waals surface area contributed by atoms with Crippen LogP contribution in [0.1, 0.15) is 24.0 Å². The average molecular weight is 269 g/mol. The van der Waals surface area contributed by atoms with Crippen LogP contribution in [0.5, 0.6) is 0 Å². The van der Waals surface area contributed by atoms with Crippen molar-refractivity contribution >= 4 is 0 Å². The summed E-state index contributed by atoms with van der Waals surface area (Å²) in [5.41, 5.74) is 2.77. The number of nitrogens with zero attached hydrogens (tertiary/aromatic N) is 3. The summed E-state index contributed by atoms with van der Waals surface area (Å²) >= 11 is 0. The van der Waals surface area contributed by atoms with Crippen LogP contribution in [-0.2, 0) is 13.1 Å². The Bertz CT molecular complexity index is 508. The molecule has 3 nitrogen and oxygen atoms in total. The van der Waals surface area contributed by atoms with Crippen molar-refractivity contribution in [2.75, 3.05) is 13.1 Å². The first-order valence-electron chi connectivity index (χ1n) is 7.55. The maximum absolute atomic E-state index is 4.31. The summed E-state index contributed by atoms with van der Waals surface area (Å²) in [6.07, 6.45) is 6.50. The lowest BCUT2D eigenvalue weighted by atomic mass is 9.96. The summed E-state index contributed by atoms with van der Waals surface area (Å²) in [5.74, 6) is 0.782. The van der Waals surface area contributed by atoms with Gasteiger partial charge in [0.15, 0.2) is 0 Å². The van der Waals surface area contributed by atoms with Gasteiger partial charge in [-0.15, -0.1) is 0 Å². The summed E-state index contributed by atoms with van der Waals surface area (Å²) in [6.45, 7) is 6.73. The second-order valence-corrected chi connectivity index (χ2v) is 5.93. The molecule has 0 amide bonds. The lowest BCUT2D eigenvalue weighted by Crippen LogP contribution is -2.34. The van der Waals surface area contributed by atoms with Gasteiger partial charge < -0.3 is 0 Å². The summed E-state index contributed by atoms with van der Waals surface area (Å²) in [4.78, 5) is 2.57. The highest BCUT2D eigenvalue weighted by Gasteiger charge is 2.19. The van der Waals surface area contributed by atoms with Gasteiger partial charge in [0.2, 0.25) is 0 Å². The van der Waals surface area contributed by atoms with E-state index in [1.165, 1.54) is 37.1 Å². The molecule has 1 saturated heterocycles. The van der Waals surface area contributed by atoms with Crippen molar-refractivity contribution in [1.29, 1.82) is 0 Å². The van der Waals surface area contributed by atoms with E-state index in [0.717, 1.165) is 19.0 Å². The standard InChI is InChI=1S/C17H23N3/c1-15-3-5-16(6-4-15)13-19-11-7-17(8-12-19)14-20-10-2-9-18-20/h2-6,9-10,17H,7-8,11-14H2,1H3. The Kier molecular flexibility index (Phi) is 4.16. The molecule has 2 aromatic rings. The third-order valence-corrected chi connectivity index (χ3v) is 4.24. The second-order valence-electron chi connectivity index (χ2n) is 5.93. The maximum atomic E-state index is 4.31. The smallest absolute Gasteiger partial charge is 0.0489 e. The monoisotopic (exact) mass is 269 g/mol. The number of benzene rings is 1. The molecule has 3 rings (SSSR count). The first-order chi connectivity index (χ1) is 9.79. The van der Waals surface area contributed by atoms with Crippen LogP contribution in [0.15, 0.2) is 42.7 Å². The van der Waals surface area contributed by atoms with Gasteiger partial charge in [0.1, 0.15) is 0 Å². The van der Waals surface area contributed by atoms with Crippen molar-refractivity contribution in [2.45, 2.75) is 32.9 Å². The van der Waals surface area contributed by atoms with Crippen LogP contribution in [0.25, 0.3) is 0 Å². The number of piperidine rings is 1. The minimum absolute atomic E-state index is 0.782. The molecule has 0 radical (unpaired) electrons. The van der Waals surface area contributed by atoms with Crippen LogP contribution >= 0.6 is 0 Å². The number of hydrogen-bond donors (Lipinski definition) is 0. The molecular weight excluding hydrogens is 246 g/mol. The molecule has 0 saturated carbocycles. The Morgan fingerprint density at radius 3 is 2.55 bits per heavy atom. The van der Waals surface area contributed by atoms with Gasteiger partial charge in [-0.3, -0.25) is 9.58 Å². The minimum Gasteiger partial charge on any atom is -0.299 e. The maximum Gasteiger partial charge on any atom is 0.0489 e. The van der Waals surface area contributed by atoms with E-state index in [9.17, 15) is 0 Å². The summed E-state index contributed by atoms with van der Waals surface area (Å²) in [6, 6.07) is 10.9. The minimum atomic E-state index is 0.782. The topological polar surface area (TPSA) is 21.1 Å². The Labute approximate surface area is 121 Å². The molecule has 1 aliphatic rings. The zero-order valence-corrected chi connectivity index (χ0v) is 12.2. The number of likely N-dealkylation sites (tertiary alicyclic amines) is 1. The van der Waals surface area contributed by atoms with Crippen molar-refractivity contribution in [1.82, 2.24) is 14.7 Å². The van der Waals surface area contributed by atoms with Gasteiger partial charge in [0.05, 0.1) is 0 Å². The van der Waals surface area contributed by atoms with Crippen LogP contribution in [0.2, 0.25) is 0 Å². The van der Waals surface area contributed by atoms with Crippen molar-refractivity contribution in [3.05, 3.63) is 53.9 Å². The largest absolute Gasteiger partial charge is 0.299 e. The molecule has 1 aromatic heterocycles. The molecule has 106 valence electrons. The Morgan fingerprint density at radius 2 is 1.90 bits per heavy atom. The molecule has 20 heavy (non-hydrogen) atoms. The highest BCUT2D eigenvalue weighted by Crippen LogP contribution is 2.20. The van der Waals surface area contributed by atoms with Gasteiger partial charge in [-0.25, -0.2) is 0 Å². The van der Waals surface area contributed by atoms with E-state index in [-0.39, 0.29) is 0 Å². The highest BCUT2D eigenvalue weighted by atomic mass is 15.3.